The number of rotatable bonds is 7. The smallest absolute Gasteiger partial charge is 0.0368 e. The molecule has 1 aromatic heterocycles. The monoisotopic (exact) mass is 296 g/mol. The van der Waals surface area contributed by atoms with Gasteiger partial charge in [-0.25, -0.2) is 0 Å². The molecule has 0 spiro atoms. The Hall–Kier alpha value is -1.83. The van der Waals surface area contributed by atoms with Gasteiger partial charge in [0.2, 0.25) is 0 Å². The normalized spacial score (nSPS) is 12.4. The first kappa shape index (κ1) is 16.5. The van der Waals surface area contributed by atoms with Gasteiger partial charge in [0.15, 0.2) is 0 Å². The van der Waals surface area contributed by atoms with E-state index in [0.717, 1.165) is 18.8 Å². The summed E-state index contributed by atoms with van der Waals surface area (Å²) in [7, 11) is 2.20. The molecule has 0 aliphatic rings. The molecule has 2 aromatic rings. The molecule has 118 valence electrons. The van der Waals surface area contributed by atoms with Crippen molar-refractivity contribution in [3.05, 3.63) is 59.9 Å². The van der Waals surface area contributed by atoms with E-state index in [1.54, 1.807) is 0 Å². The molecule has 0 aliphatic heterocycles. The summed E-state index contributed by atoms with van der Waals surface area (Å²) in [5, 5.41) is 0. The number of aryl methyl sites for hydroxylation is 2. The number of nitrogens with zero attached hydrogens (tertiary/aromatic N) is 2. The molecular formula is C20H28N2. The fourth-order valence-electron chi connectivity index (χ4n) is 2.86. The first-order valence-electron chi connectivity index (χ1n) is 8.27. The molecule has 2 heteroatoms. The van der Waals surface area contributed by atoms with Crippen molar-refractivity contribution in [3.8, 4) is 0 Å². The SMILES string of the molecule is CC(C)CC(C)N(C)c1cccc(CCc2cccnc2)c1. The predicted molar refractivity (Wildman–Crippen MR) is 95.4 cm³/mol. The minimum atomic E-state index is 0.563. The van der Waals surface area contributed by atoms with Gasteiger partial charge in [-0.15, -0.1) is 0 Å². The molecule has 1 heterocycles. The van der Waals surface area contributed by atoms with Gasteiger partial charge in [-0.3, -0.25) is 4.98 Å². The molecule has 0 aliphatic carbocycles. The molecule has 0 radical (unpaired) electrons. The molecule has 0 amide bonds. The molecule has 0 fully saturated rings. The lowest BCUT2D eigenvalue weighted by Crippen LogP contribution is -2.30. The Labute approximate surface area is 135 Å². The van der Waals surface area contributed by atoms with Crippen molar-refractivity contribution in [2.24, 2.45) is 5.92 Å². The molecule has 1 aromatic carbocycles. The van der Waals surface area contributed by atoms with E-state index in [4.69, 9.17) is 0 Å². The van der Waals surface area contributed by atoms with E-state index in [-0.39, 0.29) is 0 Å². The van der Waals surface area contributed by atoms with E-state index in [0.29, 0.717) is 6.04 Å². The summed E-state index contributed by atoms with van der Waals surface area (Å²) in [6.45, 7) is 6.88. The van der Waals surface area contributed by atoms with Crippen LogP contribution in [0.4, 0.5) is 5.69 Å². The third kappa shape index (κ3) is 4.87. The summed E-state index contributed by atoms with van der Waals surface area (Å²) in [6.07, 6.45) is 7.11. The minimum absolute atomic E-state index is 0.563. The Morgan fingerprint density at radius 3 is 2.41 bits per heavy atom. The quantitative estimate of drug-likeness (QED) is 0.734. The van der Waals surface area contributed by atoms with Gasteiger partial charge in [-0.05, 0) is 61.4 Å². The third-order valence-corrected chi connectivity index (χ3v) is 4.22. The van der Waals surface area contributed by atoms with E-state index in [9.17, 15) is 0 Å². The summed E-state index contributed by atoms with van der Waals surface area (Å²) in [5.41, 5.74) is 4.01. The van der Waals surface area contributed by atoms with Crippen molar-refractivity contribution in [3.63, 3.8) is 0 Å². The van der Waals surface area contributed by atoms with Crippen LogP contribution in [0.2, 0.25) is 0 Å². The topological polar surface area (TPSA) is 16.1 Å². The maximum Gasteiger partial charge on any atom is 0.0368 e. The number of hydrogen-bond acceptors (Lipinski definition) is 2. The summed E-state index contributed by atoms with van der Waals surface area (Å²) < 4.78 is 0. The molecule has 2 nitrogen and oxygen atoms in total. The van der Waals surface area contributed by atoms with E-state index < -0.39 is 0 Å². The van der Waals surface area contributed by atoms with Crippen molar-refractivity contribution in [1.82, 2.24) is 4.98 Å². The maximum absolute atomic E-state index is 4.19. The zero-order valence-electron chi connectivity index (χ0n) is 14.3. The zero-order chi connectivity index (χ0) is 15.9. The molecule has 0 bridgehead atoms. The van der Waals surface area contributed by atoms with Crippen LogP contribution in [0, 0.1) is 5.92 Å². The summed E-state index contributed by atoms with van der Waals surface area (Å²) in [5.74, 6) is 0.728. The van der Waals surface area contributed by atoms with E-state index in [1.807, 2.05) is 18.5 Å². The summed E-state index contributed by atoms with van der Waals surface area (Å²) in [6, 6.07) is 13.7. The highest BCUT2D eigenvalue weighted by atomic mass is 15.1. The van der Waals surface area contributed by atoms with Crippen molar-refractivity contribution in [2.75, 3.05) is 11.9 Å². The Morgan fingerprint density at radius 1 is 1.00 bits per heavy atom. The summed E-state index contributed by atoms with van der Waals surface area (Å²) >= 11 is 0. The van der Waals surface area contributed by atoms with Gasteiger partial charge in [0.25, 0.3) is 0 Å². The van der Waals surface area contributed by atoms with Gasteiger partial charge in [0.1, 0.15) is 0 Å². The van der Waals surface area contributed by atoms with Crippen LogP contribution in [0.1, 0.15) is 38.3 Å². The molecular weight excluding hydrogens is 268 g/mol. The predicted octanol–water partition coefficient (Wildman–Crippen LogP) is 4.74. The Bertz CT molecular complexity index is 563. The average molecular weight is 296 g/mol. The van der Waals surface area contributed by atoms with Crippen molar-refractivity contribution in [2.45, 2.75) is 46.1 Å². The first-order valence-corrected chi connectivity index (χ1v) is 8.27. The summed E-state index contributed by atoms with van der Waals surface area (Å²) in [4.78, 5) is 6.58. The van der Waals surface area contributed by atoms with Crippen LogP contribution in [0.3, 0.4) is 0 Å². The van der Waals surface area contributed by atoms with Crippen molar-refractivity contribution in [1.29, 1.82) is 0 Å². The van der Waals surface area contributed by atoms with E-state index >= 15 is 0 Å². The molecule has 0 N–H and O–H groups in total. The highest BCUT2D eigenvalue weighted by Crippen LogP contribution is 2.21. The van der Waals surface area contributed by atoms with Crippen LogP contribution in [-0.2, 0) is 12.8 Å². The Balaban J connectivity index is 2.00. The first-order chi connectivity index (χ1) is 10.6. The van der Waals surface area contributed by atoms with Gasteiger partial charge < -0.3 is 4.90 Å². The molecule has 0 saturated carbocycles. The van der Waals surface area contributed by atoms with Crippen LogP contribution >= 0.6 is 0 Å². The third-order valence-electron chi connectivity index (χ3n) is 4.22. The van der Waals surface area contributed by atoms with E-state index in [2.05, 4.69) is 68.0 Å². The highest BCUT2D eigenvalue weighted by Gasteiger charge is 2.12. The number of aromatic nitrogens is 1. The highest BCUT2D eigenvalue weighted by molar-refractivity contribution is 5.48. The lowest BCUT2D eigenvalue weighted by Gasteiger charge is -2.28. The second-order valence-corrected chi connectivity index (χ2v) is 6.62. The minimum Gasteiger partial charge on any atom is -0.372 e. The van der Waals surface area contributed by atoms with Crippen LogP contribution < -0.4 is 4.90 Å². The number of anilines is 1. The largest absolute Gasteiger partial charge is 0.372 e. The fraction of sp³-hybridized carbons (Fsp3) is 0.450. The van der Waals surface area contributed by atoms with Gasteiger partial charge >= 0.3 is 0 Å². The molecule has 1 unspecified atom stereocenters. The molecule has 22 heavy (non-hydrogen) atoms. The maximum atomic E-state index is 4.19. The zero-order valence-corrected chi connectivity index (χ0v) is 14.3. The fourth-order valence-corrected chi connectivity index (χ4v) is 2.86. The van der Waals surface area contributed by atoms with Gasteiger partial charge in [0, 0.05) is 31.2 Å². The van der Waals surface area contributed by atoms with Crippen molar-refractivity contribution >= 4 is 5.69 Å². The van der Waals surface area contributed by atoms with Crippen LogP contribution in [-0.4, -0.2) is 18.1 Å². The van der Waals surface area contributed by atoms with Gasteiger partial charge in [-0.2, -0.15) is 0 Å². The Morgan fingerprint density at radius 2 is 1.73 bits per heavy atom. The van der Waals surface area contributed by atoms with E-state index in [1.165, 1.54) is 23.2 Å². The average Bonchev–Trinajstić information content (AvgIpc) is 2.53. The molecule has 1 atom stereocenters. The lowest BCUT2D eigenvalue weighted by atomic mass is 10.0. The second-order valence-electron chi connectivity index (χ2n) is 6.62. The number of benzene rings is 1. The van der Waals surface area contributed by atoms with Crippen molar-refractivity contribution < 1.29 is 0 Å². The molecule has 0 saturated heterocycles. The lowest BCUT2D eigenvalue weighted by molar-refractivity contribution is 0.504. The number of pyridine rings is 1. The standard InChI is InChI=1S/C20H28N2/c1-16(2)13-17(3)22(4)20-9-5-7-18(14-20)10-11-19-8-6-12-21-15-19/h5-9,12,14-17H,10-11,13H2,1-4H3. The van der Waals surface area contributed by atoms with Crippen LogP contribution in [0.15, 0.2) is 48.8 Å². The molecule has 2 rings (SSSR count). The second kappa shape index (κ2) is 7.98. The van der Waals surface area contributed by atoms with Crippen LogP contribution in [0.5, 0.6) is 0 Å². The van der Waals surface area contributed by atoms with Gasteiger partial charge in [-0.1, -0.05) is 32.0 Å². The number of hydrogen-bond donors (Lipinski definition) is 0. The van der Waals surface area contributed by atoms with Crippen LogP contribution in [0.25, 0.3) is 0 Å². The van der Waals surface area contributed by atoms with Gasteiger partial charge in [0.05, 0.1) is 0 Å². The Kier molecular flexibility index (Phi) is 6.00.